The van der Waals surface area contributed by atoms with Gasteiger partial charge >= 0.3 is 6.09 Å². The largest absolute Gasteiger partial charge is 0.445 e. The third-order valence-corrected chi connectivity index (χ3v) is 4.48. The lowest BCUT2D eigenvalue weighted by Gasteiger charge is -2.38. The Morgan fingerprint density at radius 1 is 1.29 bits per heavy atom. The van der Waals surface area contributed by atoms with Crippen LogP contribution in [0.5, 0.6) is 0 Å². The van der Waals surface area contributed by atoms with Crippen molar-refractivity contribution in [2.75, 3.05) is 7.05 Å². The standard InChI is InChI=1S/C18H27N3O3/c1-13(19)17(22)21(2)16-11-7-6-10-15(16)20-18(23)24-12-14-8-4-3-5-9-14/h3-5,8-9,13,15-16H,6-7,10-12,19H2,1-2H3,(H,20,23). The van der Waals surface area contributed by atoms with Crippen LogP contribution in [-0.2, 0) is 16.1 Å². The summed E-state index contributed by atoms with van der Waals surface area (Å²) in [5.41, 5.74) is 6.64. The summed E-state index contributed by atoms with van der Waals surface area (Å²) in [5.74, 6) is -0.105. The van der Waals surface area contributed by atoms with Crippen molar-refractivity contribution < 1.29 is 14.3 Å². The molecule has 6 heteroatoms. The lowest BCUT2D eigenvalue weighted by Crippen LogP contribution is -2.56. The molecule has 1 aromatic carbocycles. The molecule has 1 saturated carbocycles. The first-order chi connectivity index (χ1) is 11.5. The summed E-state index contributed by atoms with van der Waals surface area (Å²) in [6, 6.07) is 8.86. The van der Waals surface area contributed by atoms with Gasteiger partial charge in [-0.15, -0.1) is 0 Å². The topological polar surface area (TPSA) is 84.7 Å². The highest BCUT2D eigenvalue weighted by molar-refractivity contribution is 5.81. The van der Waals surface area contributed by atoms with E-state index in [4.69, 9.17) is 10.5 Å². The number of nitrogens with zero attached hydrogens (tertiary/aromatic N) is 1. The number of hydrogen-bond acceptors (Lipinski definition) is 4. The van der Waals surface area contributed by atoms with Crippen molar-refractivity contribution in [2.24, 2.45) is 5.73 Å². The van der Waals surface area contributed by atoms with Gasteiger partial charge < -0.3 is 20.7 Å². The second kappa shape index (κ2) is 8.68. The molecule has 0 bridgehead atoms. The first-order valence-corrected chi connectivity index (χ1v) is 8.48. The number of carbonyl (C=O) groups is 2. The Bertz CT molecular complexity index is 548. The molecule has 0 radical (unpaired) electrons. The number of likely N-dealkylation sites (N-methyl/N-ethyl adjacent to an activating group) is 1. The third kappa shape index (κ3) is 4.96. The molecule has 6 nitrogen and oxygen atoms in total. The predicted octanol–water partition coefficient (Wildman–Crippen LogP) is 2.03. The summed E-state index contributed by atoms with van der Waals surface area (Å²) in [4.78, 5) is 25.9. The number of amides is 2. The van der Waals surface area contributed by atoms with E-state index in [1.54, 1.807) is 18.9 Å². The van der Waals surface area contributed by atoms with Crippen LogP contribution in [0.4, 0.5) is 4.79 Å². The summed E-state index contributed by atoms with van der Waals surface area (Å²) in [7, 11) is 1.76. The van der Waals surface area contributed by atoms with E-state index in [0.29, 0.717) is 0 Å². The Labute approximate surface area is 143 Å². The molecule has 0 aliphatic heterocycles. The number of rotatable bonds is 5. The fourth-order valence-electron chi connectivity index (χ4n) is 3.14. The number of hydrogen-bond donors (Lipinski definition) is 2. The highest BCUT2D eigenvalue weighted by atomic mass is 16.5. The minimum absolute atomic E-state index is 0.0403. The van der Waals surface area contributed by atoms with E-state index in [0.717, 1.165) is 31.2 Å². The molecule has 1 fully saturated rings. The molecule has 2 rings (SSSR count). The maximum atomic E-state index is 12.1. The van der Waals surface area contributed by atoms with Crippen molar-refractivity contribution >= 4 is 12.0 Å². The van der Waals surface area contributed by atoms with Gasteiger partial charge in [-0.05, 0) is 25.3 Å². The Kier molecular flexibility index (Phi) is 6.61. The normalized spacial score (nSPS) is 21.6. The average Bonchev–Trinajstić information content (AvgIpc) is 2.60. The molecule has 1 aliphatic rings. The summed E-state index contributed by atoms with van der Waals surface area (Å²) < 4.78 is 5.29. The minimum Gasteiger partial charge on any atom is -0.445 e. The van der Waals surface area contributed by atoms with Crippen LogP contribution in [0.1, 0.15) is 38.2 Å². The Hall–Kier alpha value is -2.08. The smallest absolute Gasteiger partial charge is 0.407 e. The van der Waals surface area contributed by atoms with Crippen molar-refractivity contribution in [2.45, 2.75) is 57.3 Å². The Morgan fingerprint density at radius 2 is 1.96 bits per heavy atom. The van der Waals surface area contributed by atoms with Crippen molar-refractivity contribution in [1.82, 2.24) is 10.2 Å². The maximum Gasteiger partial charge on any atom is 0.407 e. The van der Waals surface area contributed by atoms with Crippen molar-refractivity contribution in [3.05, 3.63) is 35.9 Å². The van der Waals surface area contributed by atoms with E-state index in [9.17, 15) is 9.59 Å². The maximum absolute atomic E-state index is 12.1. The van der Waals surface area contributed by atoms with Crippen molar-refractivity contribution in [3.63, 3.8) is 0 Å². The van der Waals surface area contributed by atoms with Crippen LogP contribution in [-0.4, -0.2) is 42.1 Å². The van der Waals surface area contributed by atoms with Crippen LogP contribution in [0.3, 0.4) is 0 Å². The van der Waals surface area contributed by atoms with Crippen LogP contribution in [0.15, 0.2) is 30.3 Å². The molecule has 1 aliphatic carbocycles. The SMILES string of the molecule is CC(N)C(=O)N(C)C1CCCCC1NC(=O)OCc1ccccc1. The number of nitrogens with one attached hydrogen (secondary N) is 1. The second-order valence-electron chi connectivity index (χ2n) is 6.40. The van der Waals surface area contributed by atoms with Gasteiger partial charge in [0.1, 0.15) is 6.61 Å². The predicted molar refractivity (Wildman–Crippen MR) is 92.2 cm³/mol. The third-order valence-electron chi connectivity index (χ3n) is 4.48. The molecule has 3 atom stereocenters. The van der Waals surface area contributed by atoms with Crippen molar-refractivity contribution in [3.8, 4) is 0 Å². The molecule has 0 spiro atoms. The highest BCUT2D eigenvalue weighted by Gasteiger charge is 2.32. The van der Waals surface area contributed by atoms with E-state index in [1.807, 2.05) is 30.3 Å². The van der Waals surface area contributed by atoms with Gasteiger partial charge in [-0.2, -0.15) is 0 Å². The van der Waals surface area contributed by atoms with Gasteiger partial charge in [-0.1, -0.05) is 43.2 Å². The first kappa shape index (κ1) is 18.3. The Morgan fingerprint density at radius 3 is 2.62 bits per heavy atom. The molecule has 0 aromatic heterocycles. The van der Waals surface area contributed by atoms with Crippen LogP contribution in [0, 0.1) is 0 Å². The summed E-state index contributed by atoms with van der Waals surface area (Å²) >= 11 is 0. The summed E-state index contributed by atoms with van der Waals surface area (Å²) in [6.45, 7) is 1.91. The molecule has 3 unspecified atom stereocenters. The molecule has 1 aromatic rings. The minimum atomic E-state index is -0.539. The van der Waals surface area contributed by atoms with E-state index in [1.165, 1.54) is 0 Å². The monoisotopic (exact) mass is 333 g/mol. The molecular formula is C18H27N3O3. The molecule has 0 saturated heterocycles. The zero-order valence-electron chi connectivity index (χ0n) is 14.4. The highest BCUT2D eigenvalue weighted by Crippen LogP contribution is 2.23. The van der Waals surface area contributed by atoms with Gasteiger partial charge in [0.2, 0.25) is 5.91 Å². The number of benzene rings is 1. The number of nitrogens with two attached hydrogens (primary N) is 1. The average molecular weight is 333 g/mol. The van der Waals surface area contributed by atoms with Gasteiger partial charge in [0.05, 0.1) is 18.1 Å². The van der Waals surface area contributed by atoms with Crippen molar-refractivity contribution in [1.29, 1.82) is 0 Å². The van der Waals surface area contributed by atoms with Gasteiger partial charge in [0, 0.05) is 7.05 Å². The van der Waals surface area contributed by atoms with Crippen LogP contribution < -0.4 is 11.1 Å². The van der Waals surface area contributed by atoms with E-state index < -0.39 is 12.1 Å². The molecule has 3 N–H and O–H groups in total. The zero-order valence-corrected chi connectivity index (χ0v) is 14.4. The van der Waals surface area contributed by atoms with Gasteiger partial charge in [0.25, 0.3) is 0 Å². The van der Waals surface area contributed by atoms with Gasteiger partial charge in [-0.3, -0.25) is 4.79 Å². The lowest BCUT2D eigenvalue weighted by molar-refractivity contribution is -0.134. The van der Waals surface area contributed by atoms with E-state index >= 15 is 0 Å². The van der Waals surface area contributed by atoms with Crippen LogP contribution in [0.2, 0.25) is 0 Å². The molecular weight excluding hydrogens is 306 g/mol. The van der Waals surface area contributed by atoms with Crippen LogP contribution in [0.25, 0.3) is 0 Å². The number of carbonyl (C=O) groups excluding carboxylic acids is 2. The molecule has 132 valence electrons. The first-order valence-electron chi connectivity index (χ1n) is 8.48. The van der Waals surface area contributed by atoms with E-state index in [2.05, 4.69) is 5.32 Å². The van der Waals surface area contributed by atoms with Crippen LogP contribution >= 0.6 is 0 Å². The fourth-order valence-corrected chi connectivity index (χ4v) is 3.14. The van der Waals surface area contributed by atoms with Gasteiger partial charge in [0.15, 0.2) is 0 Å². The molecule has 24 heavy (non-hydrogen) atoms. The quantitative estimate of drug-likeness (QED) is 0.863. The number of alkyl carbamates (subject to hydrolysis) is 1. The Balaban J connectivity index is 1.90. The second-order valence-corrected chi connectivity index (χ2v) is 6.40. The van der Waals surface area contributed by atoms with E-state index in [-0.39, 0.29) is 24.6 Å². The molecule has 2 amide bonds. The zero-order chi connectivity index (χ0) is 17.5. The summed E-state index contributed by atoms with van der Waals surface area (Å²) in [5, 5.41) is 2.92. The fraction of sp³-hybridized carbons (Fsp3) is 0.556. The number of ether oxygens (including phenoxy) is 1. The van der Waals surface area contributed by atoms with Gasteiger partial charge in [-0.25, -0.2) is 4.79 Å². The lowest BCUT2D eigenvalue weighted by atomic mass is 9.89. The molecule has 0 heterocycles. The summed E-state index contributed by atoms with van der Waals surface area (Å²) in [6.07, 6.45) is 3.32.